The lowest BCUT2D eigenvalue weighted by molar-refractivity contribution is 0.0733. The second-order valence-electron chi connectivity index (χ2n) is 4.08. The van der Waals surface area contributed by atoms with Crippen LogP contribution in [0.3, 0.4) is 0 Å². The van der Waals surface area contributed by atoms with Crippen LogP contribution in [-0.4, -0.2) is 39.0 Å². The van der Waals surface area contributed by atoms with E-state index >= 15 is 0 Å². The molecule has 1 fully saturated rings. The molecule has 0 radical (unpaired) electrons. The molecule has 0 aromatic heterocycles. The SMILES string of the molecule is Cc1cc(Br)ccc1NS(=O)(=O)N1CCOCC1. The Morgan fingerprint density at radius 3 is 2.61 bits per heavy atom. The lowest BCUT2D eigenvalue weighted by Gasteiger charge is -2.26. The summed E-state index contributed by atoms with van der Waals surface area (Å²) in [4.78, 5) is 0. The normalized spacial score (nSPS) is 17.7. The predicted octanol–water partition coefficient (Wildman–Crippen LogP) is 1.75. The molecule has 0 bridgehead atoms. The van der Waals surface area contributed by atoms with Gasteiger partial charge in [-0.25, -0.2) is 0 Å². The van der Waals surface area contributed by atoms with Crippen molar-refractivity contribution in [3.8, 4) is 0 Å². The van der Waals surface area contributed by atoms with Crippen LogP contribution in [0.4, 0.5) is 5.69 Å². The first-order valence-electron chi connectivity index (χ1n) is 5.61. The number of hydrogen-bond donors (Lipinski definition) is 1. The molecule has 2 rings (SSSR count). The van der Waals surface area contributed by atoms with Gasteiger partial charge in [0.2, 0.25) is 0 Å². The van der Waals surface area contributed by atoms with Crippen molar-refractivity contribution in [2.75, 3.05) is 31.0 Å². The summed E-state index contributed by atoms with van der Waals surface area (Å²) in [5, 5.41) is 0. The Balaban J connectivity index is 2.16. The van der Waals surface area contributed by atoms with Gasteiger partial charge in [0, 0.05) is 17.6 Å². The summed E-state index contributed by atoms with van der Waals surface area (Å²) in [6.07, 6.45) is 0. The number of rotatable bonds is 3. The van der Waals surface area contributed by atoms with Crippen LogP contribution in [0.2, 0.25) is 0 Å². The predicted molar refractivity (Wildman–Crippen MR) is 73.8 cm³/mol. The highest BCUT2D eigenvalue weighted by Gasteiger charge is 2.24. The number of halogens is 1. The Hall–Kier alpha value is -0.630. The van der Waals surface area contributed by atoms with E-state index in [1.54, 1.807) is 6.07 Å². The minimum Gasteiger partial charge on any atom is -0.379 e. The zero-order chi connectivity index (χ0) is 13.2. The number of hydrogen-bond acceptors (Lipinski definition) is 3. The summed E-state index contributed by atoms with van der Waals surface area (Å²) in [5.41, 5.74) is 1.48. The molecule has 0 aliphatic carbocycles. The van der Waals surface area contributed by atoms with Gasteiger partial charge in [0.15, 0.2) is 0 Å². The van der Waals surface area contributed by atoms with E-state index < -0.39 is 10.2 Å². The molecule has 1 aromatic rings. The fraction of sp³-hybridized carbons (Fsp3) is 0.455. The number of morpholine rings is 1. The van der Waals surface area contributed by atoms with Crippen LogP contribution >= 0.6 is 15.9 Å². The van der Waals surface area contributed by atoms with Crippen LogP contribution in [0, 0.1) is 6.92 Å². The van der Waals surface area contributed by atoms with Gasteiger partial charge in [0.05, 0.1) is 18.9 Å². The molecule has 1 N–H and O–H groups in total. The Labute approximate surface area is 115 Å². The van der Waals surface area contributed by atoms with E-state index in [0.717, 1.165) is 10.0 Å². The molecule has 1 aliphatic rings. The summed E-state index contributed by atoms with van der Waals surface area (Å²) in [5.74, 6) is 0. The Morgan fingerprint density at radius 1 is 1.33 bits per heavy atom. The standard InChI is InChI=1S/C11H15BrN2O3S/c1-9-8-10(12)2-3-11(9)13-18(15,16)14-4-6-17-7-5-14/h2-3,8,13H,4-7H2,1H3. The maximum atomic E-state index is 12.1. The maximum absolute atomic E-state index is 12.1. The molecule has 1 aromatic carbocycles. The highest BCUT2D eigenvalue weighted by atomic mass is 79.9. The minimum absolute atomic E-state index is 0.394. The van der Waals surface area contributed by atoms with Crippen molar-refractivity contribution in [2.24, 2.45) is 0 Å². The summed E-state index contributed by atoms with van der Waals surface area (Å²) >= 11 is 3.35. The van der Waals surface area contributed by atoms with Crippen molar-refractivity contribution in [1.29, 1.82) is 0 Å². The third kappa shape index (κ3) is 3.23. The molecule has 0 amide bonds. The first-order chi connectivity index (χ1) is 8.49. The summed E-state index contributed by atoms with van der Waals surface area (Å²) in [7, 11) is -3.48. The number of anilines is 1. The maximum Gasteiger partial charge on any atom is 0.301 e. The zero-order valence-electron chi connectivity index (χ0n) is 10.0. The molecular weight excluding hydrogens is 320 g/mol. The third-order valence-corrected chi connectivity index (χ3v) is 4.75. The van der Waals surface area contributed by atoms with E-state index in [2.05, 4.69) is 20.7 Å². The van der Waals surface area contributed by atoms with E-state index in [4.69, 9.17) is 4.74 Å². The van der Waals surface area contributed by atoms with Gasteiger partial charge in [-0.05, 0) is 30.7 Å². The van der Waals surface area contributed by atoms with Gasteiger partial charge in [0.25, 0.3) is 0 Å². The number of aryl methyl sites for hydroxylation is 1. The third-order valence-electron chi connectivity index (χ3n) is 2.74. The highest BCUT2D eigenvalue weighted by Crippen LogP contribution is 2.22. The van der Waals surface area contributed by atoms with E-state index in [9.17, 15) is 8.42 Å². The smallest absolute Gasteiger partial charge is 0.301 e. The molecule has 7 heteroatoms. The van der Waals surface area contributed by atoms with E-state index in [1.165, 1.54) is 4.31 Å². The molecule has 0 unspecified atom stereocenters. The Kier molecular flexibility index (Phi) is 4.26. The molecule has 0 saturated carbocycles. The van der Waals surface area contributed by atoms with Gasteiger partial charge in [0.1, 0.15) is 0 Å². The average Bonchev–Trinajstić information content (AvgIpc) is 2.34. The first-order valence-corrected chi connectivity index (χ1v) is 7.84. The lowest BCUT2D eigenvalue weighted by atomic mass is 10.2. The number of benzene rings is 1. The van der Waals surface area contributed by atoms with Crippen LogP contribution < -0.4 is 4.72 Å². The van der Waals surface area contributed by atoms with Gasteiger partial charge in [-0.2, -0.15) is 12.7 Å². The molecule has 100 valence electrons. The van der Waals surface area contributed by atoms with Crippen molar-refractivity contribution in [1.82, 2.24) is 4.31 Å². The summed E-state index contributed by atoms with van der Waals surface area (Å²) < 4.78 is 34.4. The minimum atomic E-state index is -3.48. The lowest BCUT2D eigenvalue weighted by Crippen LogP contribution is -2.43. The second kappa shape index (κ2) is 5.56. The first kappa shape index (κ1) is 13.8. The molecule has 1 heterocycles. The van der Waals surface area contributed by atoms with Gasteiger partial charge in [-0.3, -0.25) is 4.72 Å². The quantitative estimate of drug-likeness (QED) is 0.916. The van der Waals surface area contributed by atoms with Gasteiger partial charge in [-0.15, -0.1) is 0 Å². The fourth-order valence-electron chi connectivity index (χ4n) is 1.73. The molecule has 1 saturated heterocycles. The molecule has 5 nitrogen and oxygen atoms in total. The number of nitrogens with one attached hydrogen (secondary N) is 1. The van der Waals surface area contributed by atoms with E-state index in [0.29, 0.717) is 32.0 Å². The van der Waals surface area contributed by atoms with Gasteiger partial charge < -0.3 is 4.74 Å². The summed E-state index contributed by atoms with van der Waals surface area (Å²) in [6, 6.07) is 5.43. The molecular formula is C11H15BrN2O3S. The van der Waals surface area contributed by atoms with E-state index in [1.807, 2.05) is 19.1 Å². The molecule has 18 heavy (non-hydrogen) atoms. The second-order valence-corrected chi connectivity index (χ2v) is 6.66. The number of ether oxygens (including phenoxy) is 1. The van der Waals surface area contributed by atoms with Crippen molar-refractivity contribution >= 4 is 31.8 Å². The highest BCUT2D eigenvalue weighted by molar-refractivity contribution is 9.10. The van der Waals surface area contributed by atoms with Crippen LogP contribution in [0.25, 0.3) is 0 Å². The number of nitrogens with zero attached hydrogens (tertiary/aromatic N) is 1. The summed E-state index contributed by atoms with van der Waals surface area (Å²) in [6.45, 7) is 3.54. The average molecular weight is 335 g/mol. The Morgan fingerprint density at radius 2 is 2.00 bits per heavy atom. The Bertz CT molecular complexity index is 527. The van der Waals surface area contributed by atoms with Gasteiger partial charge in [-0.1, -0.05) is 15.9 Å². The van der Waals surface area contributed by atoms with Crippen LogP contribution in [0.5, 0.6) is 0 Å². The van der Waals surface area contributed by atoms with Gasteiger partial charge >= 0.3 is 10.2 Å². The van der Waals surface area contributed by atoms with Crippen molar-refractivity contribution in [2.45, 2.75) is 6.92 Å². The topological polar surface area (TPSA) is 58.6 Å². The van der Waals surface area contributed by atoms with Crippen LogP contribution in [0.15, 0.2) is 22.7 Å². The van der Waals surface area contributed by atoms with Crippen molar-refractivity contribution in [3.63, 3.8) is 0 Å². The van der Waals surface area contributed by atoms with Crippen LogP contribution in [0.1, 0.15) is 5.56 Å². The largest absolute Gasteiger partial charge is 0.379 e. The van der Waals surface area contributed by atoms with Crippen molar-refractivity contribution < 1.29 is 13.2 Å². The van der Waals surface area contributed by atoms with E-state index in [-0.39, 0.29) is 0 Å². The molecule has 0 atom stereocenters. The van der Waals surface area contributed by atoms with Crippen molar-refractivity contribution in [3.05, 3.63) is 28.2 Å². The molecule has 0 spiro atoms. The van der Waals surface area contributed by atoms with Crippen LogP contribution in [-0.2, 0) is 14.9 Å². The zero-order valence-corrected chi connectivity index (χ0v) is 12.4. The molecule has 1 aliphatic heterocycles. The fourth-order valence-corrected chi connectivity index (χ4v) is 3.47. The monoisotopic (exact) mass is 334 g/mol.